The molecule has 31 heavy (non-hydrogen) atoms. The number of hydrogen-bond donors (Lipinski definition) is 3. The largest absolute Gasteiger partial charge is 0.394 e. The fourth-order valence-electron chi connectivity index (χ4n) is 3.08. The van der Waals surface area contributed by atoms with Gasteiger partial charge in [0, 0.05) is 12.6 Å². The number of hydrogen-bond acceptors (Lipinski definition) is 6. The van der Waals surface area contributed by atoms with Gasteiger partial charge in [0.2, 0.25) is 0 Å². The highest BCUT2D eigenvalue weighted by Crippen LogP contribution is 2.60. The number of nitrogens with zero attached hydrogens (tertiary/aromatic N) is 1. The van der Waals surface area contributed by atoms with E-state index in [0.29, 0.717) is 11.3 Å². The summed E-state index contributed by atoms with van der Waals surface area (Å²) < 4.78 is 93.7. The smallest absolute Gasteiger partial charge is 0.382 e. The van der Waals surface area contributed by atoms with Crippen molar-refractivity contribution in [2.45, 2.75) is 36.4 Å². The molecule has 1 aromatic carbocycles. The molecule has 0 unspecified atom stereocenters. The third-order valence-electron chi connectivity index (χ3n) is 5.05. The van der Waals surface area contributed by atoms with E-state index in [4.69, 9.17) is 11.6 Å². The standard InChI is InChI=1S/C17H18ClF5N4O2S2/c1-24-9(6-16(2-3-16)17(21,22)23)7-25-12-5-11(19)13(4-10(12)18)31(28,29)27-15-26-8-14(20)30-15/h4-5,8-9,24-25H,2-3,6-7H2,1H3,(H,26,27)/t9-/m0/s1. The van der Waals surface area contributed by atoms with Crippen LogP contribution in [0.15, 0.2) is 23.2 Å². The van der Waals surface area contributed by atoms with E-state index in [-0.39, 0.29) is 41.6 Å². The Bertz CT molecular complexity index is 1060. The summed E-state index contributed by atoms with van der Waals surface area (Å²) in [4.78, 5) is 2.72. The molecular formula is C17H18ClF5N4O2S2. The first-order valence-electron chi connectivity index (χ1n) is 8.98. The third kappa shape index (κ3) is 5.38. The maximum Gasteiger partial charge on any atom is 0.394 e. The van der Waals surface area contributed by atoms with Gasteiger partial charge >= 0.3 is 6.18 Å². The second kappa shape index (κ2) is 8.68. The molecule has 6 nitrogen and oxygen atoms in total. The van der Waals surface area contributed by atoms with Crippen LogP contribution in [-0.4, -0.2) is 39.2 Å². The number of likely N-dealkylation sites (N-methyl/N-ethyl adjacent to an activating group) is 1. The van der Waals surface area contributed by atoms with Crippen LogP contribution in [0, 0.1) is 16.4 Å². The minimum Gasteiger partial charge on any atom is -0.382 e. The lowest BCUT2D eigenvalue weighted by Gasteiger charge is -2.25. The molecule has 0 saturated heterocycles. The summed E-state index contributed by atoms with van der Waals surface area (Å²) in [5, 5.41) is 4.39. The highest BCUT2D eigenvalue weighted by molar-refractivity contribution is 7.93. The topological polar surface area (TPSA) is 83.1 Å². The van der Waals surface area contributed by atoms with Crippen molar-refractivity contribution >= 4 is 43.8 Å². The summed E-state index contributed by atoms with van der Waals surface area (Å²) in [5.41, 5.74) is -1.69. The number of nitrogens with one attached hydrogen (secondary N) is 3. The molecule has 0 radical (unpaired) electrons. The summed E-state index contributed by atoms with van der Waals surface area (Å²) in [7, 11) is -2.91. The van der Waals surface area contributed by atoms with E-state index in [0.717, 1.165) is 18.3 Å². The first-order valence-corrected chi connectivity index (χ1v) is 11.7. The van der Waals surface area contributed by atoms with Gasteiger partial charge < -0.3 is 10.6 Å². The minimum absolute atomic E-state index is 0.0101. The van der Waals surface area contributed by atoms with Gasteiger partial charge in [0.25, 0.3) is 10.0 Å². The monoisotopic (exact) mass is 504 g/mol. The van der Waals surface area contributed by atoms with Crippen LogP contribution >= 0.6 is 22.9 Å². The molecule has 0 bridgehead atoms. The number of alkyl halides is 3. The van der Waals surface area contributed by atoms with Gasteiger partial charge in [-0.3, -0.25) is 4.72 Å². The number of anilines is 2. The van der Waals surface area contributed by atoms with Crippen molar-refractivity contribution in [3.8, 4) is 0 Å². The molecule has 2 aromatic rings. The van der Waals surface area contributed by atoms with E-state index in [1.54, 1.807) is 0 Å². The molecule has 172 valence electrons. The average Bonchev–Trinajstić information content (AvgIpc) is 3.36. The fourth-order valence-corrected chi connectivity index (χ4v) is 5.24. The second-order valence-corrected chi connectivity index (χ2v) is 10.2. The molecule has 1 saturated carbocycles. The number of halogens is 6. The van der Waals surface area contributed by atoms with Crippen molar-refractivity contribution in [3.63, 3.8) is 0 Å². The molecule has 1 heterocycles. The van der Waals surface area contributed by atoms with E-state index in [1.165, 1.54) is 7.05 Å². The fraction of sp³-hybridized carbons (Fsp3) is 0.471. The molecule has 14 heteroatoms. The Kier molecular flexibility index (Phi) is 6.71. The van der Waals surface area contributed by atoms with Gasteiger partial charge in [-0.25, -0.2) is 17.8 Å². The highest BCUT2D eigenvalue weighted by atomic mass is 35.5. The van der Waals surface area contributed by atoms with Crippen molar-refractivity contribution in [2.75, 3.05) is 23.6 Å². The van der Waals surface area contributed by atoms with Gasteiger partial charge in [-0.2, -0.15) is 17.6 Å². The van der Waals surface area contributed by atoms with E-state index in [9.17, 15) is 30.4 Å². The third-order valence-corrected chi connectivity index (χ3v) is 7.55. The average molecular weight is 505 g/mol. The van der Waals surface area contributed by atoms with Crippen LogP contribution in [0.4, 0.5) is 32.8 Å². The summed E-state index contributed by atoms with van der Waals surface area (Å²) >= 11 is 6.49. The molecule has 1 aliphatic rings. The summed E-state index contributed by atoms with van der Waals surface area (Å²) in [5.74, 6) is -1.15. The Morgan fingerprint density at radius 1 is 1.29 bits per heavy atom. The number of benzene rings is 1. The predicted molar refractivity (Wildman–Crippen MR) is 108 cm³/mol. The van der Waals surface area contributed by atoms with Crippen molar-refractivity contribution in [2.24, 2.45) is 5.41 Å². The maximum absolute atomic E-state index is 14.5. The molecule has 1 aromatic heterocycles. The van der Waals surface area contributed by atoms with Crippen molar-refractivity contribution < 1.29 is 30.4 Å². The summed E-state index contributed by atoms with van der Waals surface area (Å²) in [6.45, 7) is 0.0101. The van der Waals surface area contributed by atoms with Gasteiger partial charge in [-0.15, -0.1) is 0 Å². The Morgan fingerprint density at radius 3 is 2.48 bits per heavy atom. The number of thiazole rings is 1. The zero-order chi connectivity index (χ0) is 23.0. The zero-order valence-corrected chi connectivity index (χ0v) is 18.4. The minimum atomic E-state index is -4.43. The van der Waals surface area contributed by atoms with Crippen LogP contribution in [0.3, 0.4) is 0 Å². The lowest BCUT2D eigenvalue weighted by molar-refractivity contribution is -0.190. The van der Waals surface area contributed by atoms with Crippen LogP contribution in [-0.2, 0) is 10.0 Å². The van der Waals surface area contributed by atoms with E-state index in [1.807, 2.05) is 4.72 Å². The van der Waals surface area contributed by atoms with Crippen molar-refractivity contribution in [1.82, 2.24) is 10.3 Å². The van der Waals surface area contributed by atoms with Crippen molar-refractivity contribution in [3.05, 3.63) is 34.3 Å². The Labute approximate surface area is 184 Å². The van der Waals surface area contributed by atoms with Crippen LogP contribution in [0.2, 0.25) is 5.02 Å². The first kappa shape index (κ1) is 24.0. The van der Waals surface area contributed by atoms with Crippen LogP contribution in [0.1, 0.15) is 19.3 Å². The predicted octanol–water partition coefficient (Wildman–Crippen LogP) is 4.61. The number of rotatable bonds is 9. The first-order chi connectivity index (χ1) is 14.4. The van der Waals surface area contributed by atoms with Crippen LogP contribution < -0.4 is 15.4 Å². The van der Waals surface area contributed by atoms with Gasteiger partial charge in [-0.05, 0) is 38.4 Å². The zero-order valence-electron chi connectivity index (χ0n) is 16.0. The molecule has 0 spiro atoms. The molecule has 3 N–H and O–H groups in total. The highest BCUT2D eigenvalue weighted by Gasteiger charge is 2.63. The van der Waals surface area contributed by atoms with Crippen LogP contribution in [0.5, 0.6) is 0 Å². The normalized spacial score (nSPS) is 16.7. The van der Waals surface area contributed by atoms with E-state index in [2.05, 4.69) is 15.6 Å². The molecule has 0 amide bonds. The summed E-state index contributed by atoms with van der Waals surface area (Å²) in [6.07, 6.45) is -3.52. The molecule has 1 aliphatic carbocycles. The van der Waals surface area contributed by atoms with E-state index < -0.39 is 43.5 Å². The lowest BCUT2D eigenvalue weighted by atomic mass is 9.96. The Hall–Kier alpha value is -1.70. The van der Waals surface area contributed by atoms with Gasteiger partial charge in [0.05, 0.1) is 22.3 Å². The molecule has 0 aliphatic heterocycles. The van der Waals surface area contributed by atoms with Gasteiger partial charge in [-0.1, -0.05) is 22.9 Å². The van der Waals surface area contributed by atoms with E-state index >= 15 is 0 Å². The Balaban J connectivity index is 1.71. The van der Waals surface area contributed by atoms with Gasteiger partial charge in [0.15, 0.2) is 10.3 Å². The van der Waals surface area contributed by atoms with Crippen molar-refractivity contribution in [1.29, 1.82) is 0 Å². The maximum atomic E-state index is 14.5. The van der Waals surface area contributed by atoms with Gasteiger partial charge in [0.1, 0.15) is 10.7 Å². The molecule has 1 fully saturated rings. The molecule has 3 rings (SSSR count). The SMILES string of the molecule is CN[C@H](CNc1cc(F)c(S(=O)(=O)Nc2ncc(F)s2)cc1Cl)CC1(C(F)(F)F)CC1. The number of aromatic nitrogens is 1. The molecule has 1 atom stereocenters. The molecular weight excluding hydrogens is 487 g/mol. The second-order valence-electron chi connectivity index (χ2n) is 7.19. The van der Waals surface area contributed by atoms with Crippen LogP contribution in [0.25, 0.3) is 0 Å². The number of sulfonamides is 1. The summed E-state index contributed by atoms with van der Waals surface area (Å²) in [6, 6.07) is 1.12. The Morgan fingerprint density at radius 2 is 1.97 bits per heavy atom. The quantitative estimate of drug-likeness (QED) is 0.434. The lowest BCUT2D eigenvalue weighted by Crippen LogP contribution is -2.39.